The highest BCUT2D eigenvalue weighted by atomic mass is 35.5. The standard InChI is InChI=1S/C23H27Cl2N3O4/c1-13-16(12-29)19(15-7-6-14(24)10-17(15)25)20-18(26-13)11-28(21(20)30)9-8-27(5)22(31)32-23(2,3)4/h6-7,10-11,29-30H,8-9,12H2,1-5H3. The lowest BCUT2D eigenvalue weighted by Gasteiger charge is -2.24. The van der Waals surface area contributed by atoms with E-state index in [0.29, 0.717) is 56.4 Å². The van der Waals surface area contributed by atoms with Gasteiger partial charge in [-0.1, -0.05) is 29.3 Å². The second-order valence-corrected chi connectivity index (χ2v) is 9.48. The van der Waals surface area contributed by atoms with Crippen LogP contribution in [0.25, 0.3) is 22.0 Å². The fraction of sp³-hybridized carbons (Fsp3) is 0.391. The van der Waals surface area contributed by atoms with E-state index in [4.69, 9.17) is 27.9 Å². The summed E-state index contributed by atoms with van der Waals surface area (Å²) in [5.41, 5.74) is 2.40. The maximum Gasteiger partial charge on any atom is 0.410 e. The Hall–Kier alpha value is -2.48. The van der Waals surface area contributed by atoms with E-state index in [2.05, 4.69) is 4.98 Å². The molecule has 32 heavy (non-hydrogen) atoms. The van der Waals surface area contributed by atoms with E-state index in [1.54, 1.807) is 63.7 Å². The van der Waals surface area contributed by atoms with E-state index in [9.17, 15) is 15.0 Å². The molecule has 2 heterocycles. The summed E-state index contributed by atoms with van der Waals surface area (Å²) in [4.78, 5) is 18.2. The number of aliphatic hydroxyl groups is 1. The number of pyridine rings is 1. The van der Waals surface area contributed by atoms with Crippen LogP contribution in [0.2, 0.25) is 10.0 Å². The fourth-order valence-electron chi connectivity index (χ4n) is 3.48. The van der Waals surface area contributed by atoms with Gasteiger partial charge in [-0.2, -0.15) is 0 Å². The number of halogens is 2. The number of hydrogen-bond donors (Lipinski definition) is 2. The molecule has 0 saturated carbocycles. The molecule has 0 fully saturated rings. The van der Waals surface area contributed by atoms with Crippen LogP contribution in [0.5, 0.6) is 5.88 Å². The maximum atomic E-state index is 12.2. The number of hydrogen-bond acceptors (Lipinski definition) is 5. The van der Waals surface area contributed by atoms with E-state index in [1.165, 1.54) is 4.90 Å². The lowest BCUT2D eigenvalue weighted by molar-refractivity contribution is 0.0292. The first-order valence-electron chi connectivity index (χ1n) is 10.1. The van der Waals surface area contributed by atoms with Crippen LogP contribution < -0.4 is 0 Å². The smallest absolute Gasteiger partial charge is 0.410 e. The van der Waals surface area contributed by atoms with Crippen molar-refractivity contribution >= 4 is 40.2 Å². The average Bonchev–Trinajstić information content (AvgIpc) is 2.99. The van der Waals surface area contributed by atoms with Crippen molar-refractivity contribution in [1.82, 2.24) is 14.5 Å². The number of carbonyl (C=O) groups is 1. The molecule has 1 amide bonds. The summed E-state index contributed by atoms with van der Waals surface area (Å²) in [5, 5.41) is 22.5. The Labute approximate surface area is 197 Å². The molecule has 0 aliphatic rings. The number of likely N-dealkylation sites (N-methyl/N-ethyl adjacent to an activating group) is 1. The normalized spacial score (nSPS) is 11.8. The van der Waals surface area contributed by atoms with Gasteiger partial charge in [-0.15, -0.1) is 0 Å². The topological polar surface area (TPSA) is 87.8 Å². The maximum absolute atomic E-state index is 12.2. The molecule has 2 N–H and O–H groups in total. The summed E-state index contributed by atoms with van der Waals surface area (Å²) in [6.45, 7) is 7.57. The highest BCUT2D eigenvalue weighted by Gasteiger charge is 2.23. The Morgan fingerprint density at radius 1 is 1.28 bits per heavy atom. The number of nitrogens with zero attached hydrogens (tertiary/aromatic N) is 3. The average molecular weight is 480 g/mol. The Kier molecular flexibility index (Phi) is 6.93. The van der Waals surface area contributed by atoms with Gasteiger partial charge in [-0.3, -0.25) is 4.98 Å². The minimum absolute atomic E-state index is 0.0270. The first kappa shape index (κ1) is 24.2. The van der Waals surface area contributed by atoms with Gasteiger partial charge in [0.2, 0.25) is 5.88 Å². The Balaban J connectivity index is 2.03. The van der Waals surface area contributed by atoms with Crippen molar-refractivity contribution in [2.75, 3.05) is 13.6 Å². The van der Waals surface area contributed by atoms with E-state index < -0.39 is 11.7 Å². The summed E-state index contributed by atoms with van der Waals surface area (Å²) in [5.74, 6) is -0.0270. The second kappa shape index (κ2) is 9.17. The van der Waals surface area contributed by atoms with Crippen LogP contribution in [0.1, 0.15) is 32.0 Å². The third kappa shape index (κ3) is 4.95. The highest BCUT2D eigenvalue weighted by Crippen LogP contribution is 2.42. The molecule has 2 aromatic heterocycles. The predicted molar refractivity (Wildman–Crippen MR) is 126 cm³/mol. The van der Waals surface area contributed by atoms with Crippen LogP contribution >= 0.6 is 23.2 Å². The van der Waals surface area contributed by atoms with E-state index in [1.807, 2.05) is 0 Å². The van der Waals surface area contributed by atoms with Gasteiger partial charge in [0.1, 0.15) is 5.60 Å². The number of aromatic nitrogens is 2. The molecule has 172 valence electrons. The molecule has 0 radical (unpaired) electrons. The SMILES string of the molecule is Cc1nc2cn(CCN(C)C(=O)OC(C)(C)C)c(O)c2c(-c2ccc(Cl)cc2Cl)c1CO. The van der Waals surface area contributed by atoms with Crippen LogP contribution in [0.15, 0.2) is 24.4 Å². The van der Waals surface area contributed by atoms with E-state index >= 15 is 0 Å². The lowest BCUT2D eigenvalue weighted by atomic mass is 9.96. The molecule has 3 aromatic rings. The Bertz CT molecular complexity index is 1170. The van der Waals surface area contributed by atoms with Crippen molar-refractivity contribution in [3.8, 4) is 17.0 Å². The number of aliphatic hydroxyl groups excluding tert-OH is 1. The summed E-state index contributed by atoms with van der Waals surface area (Å²) >= 11 is 12.5. The summed E-state index contributed by atoms with van der Waals surface area (Å²) in [7, 11) is 1.64. The zero-order chi connectivity index (χ0) is 23.8. The van der Waals surface area contributed by atoms with Crippen molar-refractivity contribution < 1.29 is 19.7 Å². The molecule has 0 aliphatic carbocycles. The monoisotopic (exact) mass is 479 g/mol. The van der Waals surface area contributed by atoms with Gasteiger partial charge in [0, 0.05) is 58.8 Å². The Morgan fingerprint density at radius 3 is 2.56 bits per heavy atom. The van der Waals surface area contributed by atoms with Gasteiger partial charge in [0.05, 0.1) is 17.5 Å². The van der Waals surface area contributed by atoms with Gasteiger partial charge < -0.3 is 24.4 Å². The summed E-state index contributed by atoms with van der Waals surface area (Å²) in [6, 6.07) is 5.07. The number of ether oxygens (including phenoxy) is 1. The van der Waals surface area contributed by atoms with Crippen LogP contribution in [-0.4, -0.2) is 50.0 Å². The van der Waals surface area contributed by atoms with Gasteiger partial charge >= 0.3 is 6.09 Å². The van der Waals surface area contributed by atoms with Crippen molar-refractivity contribution in [3.63, 3.8) is 0 Å². The van der Waals surface area contributed by atoms with Gasteiger partial charge in [0.25, 0.3) is 0 Å². The Morgan fingerprint density at radius 2 is 1.97 bits per heavy atom. The number of rotatable bonds is 5. The third-order valence-corrected chi connectivity index (χ3v) is 5.59. The lowest BCUT2D eigenvalue weighted by Crippen LogP contribution is -2.35. The third-order valence-electron chi connectivity index (χ3n) is 5.05. The largest absolute Gasteiger partial charge is 0.494 e. The number of amides is 1. The first-order valence-corrected chi connectivity index (χ1v) is 10.9. The van der Waals surface area contributed by atoms with Crippen molar-refractivity contribution in [1.29, 1.82) is 0 Å². The van der Waals surface area contributed by atoms with Crippen LogP contribution in [0, 0.1) is 6.92 Å². The molecule has 0 saturated heterocycles. The summed E-state index contributed by atoms with van der Waals surface area (Å²) in [6.07, 6.45) is 1.27. The predicted octanol–water partition coefficient (Wildman–Crippen LogP) is 5.38. The number of aromatic hydroxyl groups is 1. The molecule has 0 atom stereocenters. The van der Waals surface area contributed by atoms with Crippen molar-refractivity contribution in [2.45, 2.75) is 46.4 Å². The van der Waals surface area contributed by atoms with Crippen molar-refractivity contribution in [2.24, 2.45) is 0 Å². The fourth-order valence-corrected chi connectivity index (χ4v) is 3.98. The molecule has 0 unspecified atom stereocenters. The minimum Gasteiger partial charge on any atom is -0.494 e. The molecular weight excluding hydrogens is 453 g/mol. The zero-order valence-corrected chi connectivity index (χ0v) is 20.3. The number of carbonyl (C=O) groups excluding carboxylic acids is 1. The van der Waals surface area contributed by atoms with Crippen molar-refractivity contribution in [3.05, 3.63) is 45.7 Å². The van der Waals surface area contributed by atoms with Gasteiger partial charge in [-0.25, -0.2) is 4.79 Å². The molecule has 3 rings (SSSR count). The second-order valence-electron chi connectivity index (χ2n) is 8.64. The van der Waals surface area contributed by atoms with Gasteiger partial charge in [-0.05, 0) is 39.8 Å². The molecule has 9 heteroatoms. The zero-order valence-electron chi connectivity index (χ0n) is 18.7. The van der Waals surface area contributed by atoms with Gasteiger partial charge in [0.15, 0.2) is 0 Å². The van der Waals surface area contributed by atoms with Crippen LogP contribution in [-0.2, 0) is 17.9 Å². The van der Waals surface area contributed by atoms with E-state index in [-0.39, 0.29) is 12.5 Å². The molecule has 1 aromatic carbocycles. The minimum atomic E-state index is -0.593. The molecule has 0 aliphatic heterocycles. The molecular formula is C23H27Cl2N3O4. The van der Waals surface area contributed by atoms with Crippen LogP contribution in [0.3, 0.4) is 0 Å². The number of fused-ring (bicyclic) bond motifs is 1. The number of aryl methyl sites for hydroxylation is 1. The van der Waals surface area contributed by atoms with Crippen LogP contribution in [0.4, 0.5) is 4.79 Å². The summed E-state index contributed by atoms with van der Waals surface area (Å²) < 4.78 is 6.99. The quantitative estimate of drug-likeness (QED) is 0.512. The first-order chi connectivity index (χ1) is 14.9. The number of benzene rings is 1. The molecule has 0 bridgehead atoms. The molecule has 7 nitrogen and oxygen atoms in total. The highest BCUT2D eigenvalue weighted by molar-refractivity contribution is 6.36. The van der Waals surface area contributed by atoms with E-state index in [0.717, 1.165) is 0 Å². The molecule has 0 spiro atoms.